The minimum Gasteiger partial charge on any atom is -0.395 e. The van der Waals surface area contributed by atoms with E-state index in [1.54, 1.807) is 0 Å². The molecule has 0 radical (unpaired) electrons. The molecule has 5 N–H and O–H groups in total. The number of rotatable bonds is 4. The zero-order valence-corrected chi connectivity index (χ0v) is 6.41. The Morgan fingerprint density at radius 2 is 2.00 bits per heavy atom. The molecule has 0 bridgehead atoms. The molecule has 0 aliphatic rings. The Labute approximate surface area is 61.0 Å². The van der Waals surface area contributed by atoms with E-state index in [0.29, 0.717) is 0 Å². The fraction of sp³-hybridized carbons (Fsp3) is 1.00. The van der Waals surface area contributed by atoms with E-state index in [0.717, 1.165) is 0 Å². The Morgan fingerprint density at radius 3 is 2.30 bits per heavy atom. The van der Waals surface area contributed by atoms with Crippen LogP contribution >= 0.6 is 0 Å². The molecule has 0 aromatic rings. The molecule has 0 amide bonds. The van der Waals surface area contributed by atoms with Gasteiger partial charge >= 0.3 is 0 Å². The summed E-state index contributed by atoms with van der Waals surface area (Å²) in [6.45, 7) is 3.58. The molecule has 0 aliphatic carbocycles. The van der Waals surface area contributed by atoms with E-state index in [2.05, 4.69) is 5.32 Å². The molecule has 0 rings (SSSR count). The Balaban J connectivity index is 3.50. The predicted octanol–water partition coefficient (Wildman–Crippen LogP) is -1.38. The number of hydrogen-bond acceptors (Lipinski definition) is 4. The molecule has 4 heteroatoms. The summed E-state index contributed by atoms with van der Waals surface area (Å²) in [6.07, 6.45) is -0.815. The van der Waals surface area contributed by atoms with Crippen LogP contribution in [0.15, 0.2) is 0 Å². The van der Waals surface area contributed by atoms with Gasteiger partial charge in [-0.2, -0.15) is 0 Å². The van der Waals surface area contributed by atoms with Crippen LogP contribution in [0.25, 0.3) is 0 Å². The standard InChI is InChI=1S/C6H16N2O2/c1-4(2)8-6(10)5(7)3-9/h4-6,8-10H,3,7H2,1-2H3/t5-,6?/m0/s1. The minimum absolute atomic E-state index is 0.174. The highest BCUT2D eigenvalue weighted by Crippen LogP contribution is 1.87. The third-order valence-corrected chi connectivity index (χ3v) is 1.12. The molecule has 0 aliphatic heterocycles. The summed E-state index contributed by atoms with van der Waals surface area (Å²) in [6, 6.07) is -0.421. The Morgan fingerprint density at radius 1 is 1.50 bits per heavy atom. The lowest BCUT2D eigenvalue weighted by molar-refractivity contribution is 0.0737. The average molecular weight is 148 g/mol. The molecule has 1 unspecified atom stereocenters. The van der Waals surface area contributed by atoms with Crippen molar-refractivity contribution in [3.63, 3.8) is 0 Å². The molecular weight excluding hydrogens is 132 g/mol. The molecule has 0 saturated heterocycles. The number of nitrogens with one attached hydrogen (secondary N) is 1. The average Bonchev–Trinajstić information content (AvgIpc) is 1.85. The van der Waals surface area contributed by atoms with Gasteiger partial charge in [-0.05, 0) is 13.8 Å². The van der Waals surface area contributed by atoms with Crippen molar-refractivity contribution in [1.29, 1.82) is 0 Å². The van der Waals surface area contributed by atoms with Crippen molar-refractivity contribution in [2.75, 3.05) is 6.61 Å². The van der Waals surface area contributed by atoms with Crippen molar-refractivity contribution in [2.24, 2.45) is 5.73 Å². The van der Waals surface area contributed by atoms with E-state index in [1.165, 1.54) is 0 Å². The van der Waals surface area contributed by atoms with Gasteiger partial charge in [-0.1, -0.05) is 0 Å². The summed E-state index contributed by atoms with van der Waals surface area (Å²) >= 11 is 0. The van der Waals surface area contributed by atoms with Gasteiger partial charge in [0.05, 0.1) is 12.6 Å². The molecule has 0 heterocycles. The lowest BCUT2D eigenvalue weighted by Crippen LogP contribution is -2.49. The molecule has 4 nitrogen and oxygen atoms in total. The molecule has 62 valence electrons. The first kappa shape index (κ1) is 9.84. The Hall–Kier alpha value is -0.160. The van der Waals surface area contributed by atoms with Crippen LogP contribution in [0.2, 0.25) is 0 Å². The maximum atomic E-state index is 9.09. The van der Waals surface area contributed by atoms with Gasteiger partial charge in [-0.3, -0.25) is 5.32 Å². The van der Waals surface area contributed by atoms with Gasteiger partial charge < -0.3 is 15.9 Å². The van der Waals surface area contributed by atoms with Crippen molar-refractivity contribution >= 4 is 0 Å². The highest BCUT2D eigenvalue weighted by atomic mass is 16.3. The summed E-state index contributed by atoms with van der Waals surface area (Å²) < 4.78 is 0. The van der Waals surface area contributed by atoms with Crippen LogP contribution in [0.3, 0.4) is 0 Å². The van der Waals surface area contributed by atoms with Gasteiger partial charge in [-0.15, -0.1) is 0 Å². The molecule has 0 aromatic heterocycles. The van der Waals surface area contributed by atoms with Crippen LogP contribution < -0.4 is 11.1 Å². The van der Waals surface area contributed by atoms with Gasteiger partial charge in [0.15, 0.2) is 0 Å². The van der Waals surface area contributed by atoms with Gasteiger partial charge in [0, 0.05) is 6.04 Å². The second-order valence-corrected chi connectivity index (χ2v) is 2.61. The van der Waals surface area contributed by atoms with Crippen molar-refractivity contribution in [1.82, 2.24) is 5.32 Å². The number of hydrogen-bond donors (Lipinski definition) is 4. The second kappa shape index (κ2) is 4.62. The Bertz CT molecular complexity index is 87.8. The quantitative estimate of drug-likeness (QED) is 0.371. The lowest BCUT2D eigenvalue weighted by atomic mass is 10.2. The van der Waals surface area contributed by atoms with Gasteiger partial charge in [0.2, 0.25) is 0 Å². The second-order valence-electron chi connectivity index (χ2n) is 2.61. The largest absolute Gasteiger partial charge is 0.395 e. The van der Waals surface area contributed by atoms with Gasteiger partial charge in [-0.25, -0.2) is 0 Å². The van der Waals surface area contributed by atoms with Crippen LogP contribution in [0.5, 0.6) is 0 Å². The minimum atomic E-state index is -0.815. The summed E-state index contributed by atoms with van der Waals surface area (Å²) in [5.74, 6) is 0. The smallest absolute Gasteiger partial charge is 0.122 e. The summed E-state index contributed by atoms with van der Waals surface area (Å²) in [5.41, 5.74) is 5.30. The monoisotopic (exact) mass is 148 g/mol. The highest BCUT2D eigenvalue weighted by Gasteiger charge is 2.12. The van der Waals surface area contributed by atoms with E-state index in [-0.39, 0.29) is 12.6 Å². The number of aliphatic hydroxyl groups excluding tert-OH is 2. The van der Waals surface area contributed by atoms with Crippen molar-refractivity contribution in [3.8, 4) is 0 Å². The third-order valence-electron chi connectivity index (χ3n) is 1.12. The first-order valence-corrected chi connectivity index (χ1v) is 3.38. The molecular formula is C6H16N2O2. The van der Waals surface area contributed by atoms with Crippen molar-refractivity contribution in [3.05, 3.63) is 0 Å². The van der Waals surface area contributed by atoms with Crippen LogP contribution in [-0.2, 0) is 0 Å². The molecule has 0 spiro atoms. The van der Waals surface area contributed by atoms with E-state index in [1.807, 2.05) is 13.8 Å². The van der Waals surface area contributed by atoms with Crippen LogP contribution in [0.1, 0.15) is 13.8 Å². The number of aliphatic hydroxyl groups is 2. The zero-order chi connectivity index (χ0) is 8.15. The fourth-order valence-corrected chi connectivity index (χ4v) is 0.565. The highest BCUT2D eigenvalue weighted by molar-refractivity contribution is 4.69. The molecule has 0 aromatic carbocycles. The van der Waals surface area contributed by atoms with Crippen LogP contribution in [-0.4, -0.2) is 35.1 Å². The SMILES string of the molecule is CC(C)NC(O)[C@@H](N)CO. The van der Waals surface area contributed by atoms with E-state index in [9.17, 15) is 0 Å². The maximum absolute atomic E-state index is 9.09. The summed E-state index contributed by atoms with van der Waals surface area (Å²) in [5, 5.41) is 20.3. The van der Waals surface area contributed by atoms with E-state index in [4.69, 9.17) is 15.9 Å². The third kappa shape index (κ3) is 3.79. The van der Waals surface area contributed by atoms with Gasteiger partial charge in [0.1, 0.15) is 6.23 Å². The maximum Gasteiger partial charge on any atom is 0.122 e. The summed E-state index contributed by atoms with van der Waals surface area (Å²) in [4.78, 5) is 0. The van der Waals surface area contributed by atoms with E-state index >= 15 is 0 Å². The van der Waals surface area contributed by atoms with Crippen molar-refractivity contribution < 1.29 is 10.2 Å². The topological polar surface area (TPSA) is 78.5 Å². The zero-order valence-electron chi connectivity index (χ0n) is 6.41. The van der Waals surface area contributed by atoms with Gasteiger partial charge in [0.25, 0.3) is 0 Å². The van der Waals surface area contributed by atoms with Crippen LogP contribution in [0, 0.1) is 0 Å². The normalized spacial score (nSPS) is 17.4. The fourth-order valence-electron chi connectivity index (χ4n) is 0.565. The van der Waals surface area contributed by atoms with Crippen LogP contribution in [0.4, 0.5) is 0 Å². The first-order valence-electron chi connectivity index (χ1n) is 3.38. The first-order chi connectivity index (χ1) is 4.57. The predicted molar refractivity (Wildman–Crippen MR) is 39.3 cm³/mol. The molecule has 0 fully saturated rings. The Kier molecular flexibility index (Phi) is 4.55. The molecule has 2 atom stereocenters. The lowest BCUT2D eigenvalue weighted by Gasteiger charge is -2.20. The molecule has 10 heavy (non-hydrogen) atoms. The number of nitrogens with two attached hydrogens (primary N) is 1. The molecule has 0 saturated carbocycles. The van der Waals surface area contributed by atoms with Crippen molar-refractivity contribution in [2.45, 2.75) is 32.2 Å². The summed E-state index contributed by atoms with van der Waals surface area (Å²) in [7, 11) is 0. The van der Waals surface area contributed by atoms with E-state index < -0.39 is 12.3 Å².